The fraction of sp³-hybridized carbons (Fsp3) is 0.833. The highest BCUT2D eigenvalue weighted by Gasteiger charge is 2.00. The lowest BCUT2D eigenvalue weighted by Crippen LogP contribution is -2.02. The molecular formula is C6H11N2. The van der Waals surface area contributed by atoms with Crippen molar-refractivity contribution < 1.29 is 0 Å². The van der Waals surface area contributed by atoms with Gasteiger partial charge in [-0.2, -0.15) is 5.26 Å². The van der Waals surface area contributed by atoms with Gasteiger partial charge in [-0.05, 0) is 6.42 Å². The van der Waals surface area contributed by atoms with Gasteiger partial charge in [0.25, 0.3) is 0 Å². The molecule has 45 valence electrons. The highest BCUT2D eigenvalue weighted by atomic mass is 14.5. The summed E-state index contributed by atoms with van der Waals surface area (Å²) in [6, 6.07) is 2.07. The highest BCUT2D eigenvalue weighted by Crippen LogP contribution is 2.01. The number of hydrogen-bond acceptors (Lipinski definition) is 1. The fourth-order valence-corrected chi connectivity index (χ4v) is 0.561. The van der Waals surface area contributed by atoms with Crippen LogP contribution in [0.2, 0.25) is 0 Å². The zero-order valence-corrected chi connectivity index (χ0v) is 5.15. The Kier molecular flexibility index (Phi) is 4.29. The lowest BCUT2D eigenvalue weighted by atomic mass is 10.1. The summed E-state index contributed by atoms with van der Waals surface area (Å²) in [4.78, 5) is 0. The van der Waals surface area contributed by atoms with Crippen LogP contribution in [0.25, 0.3) is 0 Å². The molecule has 1 unspecified atom stereocenters. The molecule has 0 aromatic heterocycles. The Bertz CT molecular complexity index is 83.0. The van der Waals surface area contributed by atoms with Crippen LogP contribution in [-0.2, 0) is 0 Å². The number of nitrogens with one attached hydrogen (secondary N) is 1. The van der Waals surface area contributed by atoms with Crippen molar-refractivity contribution in [2.45, 2.75) is 19.8 Å². The van der Waals surface area contributed by atoms with Gasteiger partial charge in [0.15, 0.2) is 0 Å². The van der Waals surface area contributed by atoms with Crippen molar-refractivity contribution in [1.82, 2.24) is 5.73 Å². The lowest BCUT2D eigenvalue weighted by Gasteiger charge is -1.98. The maximum atomic E-state index is 8.29. The fourth-order valence-electron chi connectivity index (χ4n) is 0.561. The van der Waals surface area contributed by atoms with E-state index in [9.17, 15) is 0 Å². The minimum atomic E-state index is -0.0278. The van der Waals surface area contributed by atoms with Crippen molar-refractivity contribution in [1.29, 1.82) is 5.26 Å². The smallest absolute Gasteiger partial charge is 0.0669 e. The second-order valence-corrected chi connectivity index (χ2v) is 1.82. The summed E-state index contributed by atoms with van der Waals surface area (Å²) in [6.45, 7) is 2.28. The molecule has 0 aromatic rings. The van der Waals surface area contributed by atoms with Gasteiger partial charge in [-0.25, -0.2) is 0 Å². The van der Waals surface area contributed by atoms with E-state index in [0.717, 1.165) is 12.8 Å². The zero-order chi connectivity index (χ0) is 6.41. The summed E-state index contributed by atoms with van der Waals surface area (Å²) >= 11 is 0. The number of hydrogen-bond donors (Lipinski definition) is 0. The monoisotopic (exact) mass is 111 g/mol. The van der Waals surface area contributed by atoms with Crippen molar-refractivity contribution in [2.24, 2.45) is 5.92 Å². The van der Waals surface area contributed by atoms with Crippen LogP contribution in [0.5, 0.6) is 0 Å². The van der Waals surface area contributed by atoms with Crippen molar-refractivity contribution in [3.8, 4) is 6.07 Å². The van der Waals surface area contributed by atoms with Gasteiger partial charge >= 0.3 is 0 Å². The van der Waals surface area contributed by atoms with E-state index in [1.165, 1.54) is 0 Å². The minimum Gasteiger partial charge on any atom is -0.256 e. The molecule has 0 saturated heterocycles. The predicted octanol–water partition coefficient (Wildman–Crippen LogP) is 1.21. The molecule has 0 fully saturated rings. The van der Waals surface area contributed by atoms with E-state index < -0.39 is 0 Å². The van der Waals surface area contributed by atoms with Crippen LogP contribution in [0.3, 0.4) is 0 Å². The third-order valence-electron chi connectivity index (χ3n) is 1.07. The number of nitrogens with zero attached hydrogens (tertiary/aromatic N) is 1. The van der Waals surface area contributed by atoms with Crippen LogP contribution in [0.1, 0.15) is 19.8 Å². The van der Waals surface area contributed by atoms with Crippen LogP contribution in [0.4, 0.5) is 0 Å². The summed E-state index contributed by atoms with van der Waals surface area (Å²) in [7, 11) is 0. The van der Waals surface area contributed by atoms with Crippen LogP contribution in [0.15, 0.2) is 0 Å². The van der Waals surface area contributed by atoms with Crippen LogP contribution >= 0.6 is 0 Å². The molecule has 0 bridgehead atoms. The summed E-state index contributed by atoms with van der Waals surface area (Å²) in [5.41, 5.74) is 6.84. The molecule has 0 aliphatic carbocycles. The zero-order valence-electron chi connectivity index (χ0n) is 5.15. The molecule has 2 nitrogen and oxygen atoms in total. The van der Waals surface area contributed by atoms with Gasteiger partial charge in [-0.1, -0.05) is 13.3 Å². The van der Waals surface area contributed by atoms with E-state index >= 15 is 0 Å². The molecule has 1 atom stereocenters. The first-order chi connectivity index (χ1) is 3.85. The number of nitriles is 1. The van der Waals surface area contributed by atoms with Crippen molar-refractivity contribution in [2.75, 3.05) is 6.54 Å². The average Bonchev–Trinajstić information content (AvgIpc) is 1.83. The first-order valence-electron chi connectivity index (χ1n) is 2.89. The van der Waals surface area contributed by atoms with E-state index in [-0.39, 0.29) is 12.5 Å². The molecule has 0 saturated carbocycles. The molecule has 2 heteroatoms. The predicted molar refractivity (Wildman–Crippen MR) is 32.0 cm³/mol. The third kappa shape index (κ3) is 2.59. The van der Waals surface area contributed by atoms with Gasteiger partial charge in [-0.3, -0.25) is 5.73 Å². The van der Waals surface area contributed by atoms with E-state index in [0.29, 0.717) is 0 Å². The summed E-state index contributed by atoms with van der Waals surface area (Å²) in [5.74, 6) is -0.0278. The Morgan fingerprint density at radius 1 is 1.75 bits per heavy atom. The minimum absolute atomic E-state index is 0.0278. The second kappa shape index (κ2) is 4.61. The summed E-state index contributed by atoms with van der Waals surface area (Å²) in [6.07, 6.45) is 1.89. The van der Waals surface area contributed by atoms with E-state index in [2.05, 4.69) is 6.07 Å². The molecule has 0 spiro atoms. The molecule has 0 aliphatic rings. The Morgan fingerprint density at radius 3 is 2.50 bits per heavy atom. The Balaban J connectivity index is 3.26. The topological polar surface area (TPSA) is 47.6 Å². The maximum absolute atomic E-state index is 8.29. The molecule has 0 aliphatic heterocycles. The van der Waals surface area contributed by atoms with Gasteiger partial charge in [0.2, 0.25) is 0 Å². The van der Waals surface area contributed by atoms with Crippen molar-refractivity contribution in [3.05, 3.63) is 0 Å². The van der Waals surface area contributed by atoms with Gasteiger partial charge in [0, 0.05) is 6.54 Å². The molecule has 0 aromatic carbocycles. The summed E-state index contributed by atoms with van der Waals surface area (Å²) in [5, 5.41) is 8.29. The van der Waals surface area contributed by atoms with E-state index in [4.69, 9.17) is 11.0 Å². The Morgan fingerprint density at radius 2 is 2.38 bits per heavy atom. The molecular weight excluding hydrogens is 100 g/mol. The molecule has 0 rings (SSSR count). The molecule has 8 heavy (non-hydrogen) atoms. The average molecular weight is 111 g/mol. The molecule has 0 heterocycles. The van der Waals surface area contributed by atoms with Gasteiger partial charge in [-0.15, -0.1) is 0 Å². The van der Waals surface area contributed by atoms with Gasteiger partial charge < -0.3 is 0 Å². The van der Waals surface area contributed by atoms with Crippen LogP contribution < -0.4 is 5.73 Å². The van der Waals surface area contributed by atoms with Crippen molar-refractivity contribution >= 4 is 0 Å². The summed E-state index contributed by atoms with van der Waals surface area (Å²) < 4.78 is 0. The van der Waals surface area contributed by atoms with Gasteiger partial charge in [0.05, 0.1) is 12.0 Å². The third-order valence-corrected chi connectivity index (χ3v) is 1.07. The SMILES string of the molecule is CCCC(C#N)C[NH]. The maximum Gasteiger partial charge on any atom is 0.0669 e. The first-order valence-corrected chi connectivity index (χ1v) is 2.89. The van der Waals surface area contributed by atoms with Crippen LogP contribution in [0, 0.1) is 17.2 Å². The Labute approximate surface area is 50.3 Å². The van der Waals surface area contributed by atoms with E-state index in [1.807, 2.05) is 6.92 Å². The molecule has 0 amide bonds. The molecule has 1 N–H and O–H groups in total. The largest absolute Gasteiger partial charge is 0.256 e. The lowest BCUT2D eigenvalue weighted by molar-refractivity contribution is 0.595. The molecule has 1 radical (unpaired) electrons. The quantitative estimate of drug-likeness (QED) is 0.540. The van der Waals surface area contributed by atoms with E-state index in [1.54, 1.807) is 0 Å². The Hall–Kier alpha value is -0.550. The number of rotatable bonds is 3. The second-order valence-electron chi connectivity index (χ2n) is 1.82. The van der Waals surface area contributed by atoms with Gasteiger partial charge in [0.1, 0.15) is 0 Å². The normalized spacial score (nSPS) is 12.6. The first kappa shape index (κ1) is 7.45. The standard InChI is InChI=1S/C6H11N2/c1-2-3-6(4-7)5-8/h6-7H,2-4H2,1H3. The highest BCUT2D eigenvalue weighted by molar-refractivity contribution is 4.82. The van der Waals surface area contributed by atoms with Crippen LogP contribution in [-0.4, -0.2) is 6.54 Å². The van der Waals surface area contributed by atoms with Crippen molar-refractivity contribution in [3.63, 3.8) is 0 Å².